The van der Waals surface area contributed by atoms with Crippen LogP contribution < -0.4 is 0 Å². The standard InChI is InChI=1S/C27H28O9/c28-17(4-1-14-2-5-21(30)24(33)7-14)12-27(35)36-26-13-19-16(8-18(29)11-23(19)32)9-20(26)15-3-6-22(31)25(34)10-15/h2-3,5-8,10-11,17,20,26,28-34H,1,4,9,12-13H2/t17-,20+,26+/m0/s1. The summed E-state index contributed by atoms with van der Waals surface area (Å²) in [6.07, 6.45) is -0.970. The Bertz CT molecular complexity index is 1270. The fourth-order valence-electron chi connectivity index (χ4n) is 4.63. The zero-order valence-corrected chi connectivity index (χ0v) is 19.3. The van der Waals surface area contributed by atoms with Crippen LogP contribution in [0.3, 0.4) is 0 Å². The van der Waals surface area contributed by atoms with Crippen molar-refractivity contribution >= 4 is 5.97 Å². The van der Waals surface area contributed by atoms with Crippen molar-refractivity contribution < 1.29 is 45.3 Å². The predicted octanol–water partition coefficient (Wildman–Crippen LogP) is 3.10. The van der Waals surface area contributed by atoms with E-state index in [1.165, 1.54) is 36.4 Å². The van der Waals surface area contributed by atoms with E-state index in [0.29, 0.717) is 35.1 Å². The second-order valence-corrected chi connectivity index (χ2v) is 9.11. The number of carbonyl (C=O) groups excluding carboxylic acids is 1. The summed E-state index contributed by atoms with van der Waals surface area (Å²) in [4.78, 5) is 12.7. The highest BCUT2D eigenvalue weighted by molar-refractivity contribution is 5.70. The van der Waals surface area contributed by atoms with E-state index in [2.05, 4.69) is 0 Å². The first kappa shape index (κ1) is 25.0. The first-order valence-corrected chi connectivity index (χ1v) is 11.5. The number of carbonyl (C=O) groups is 1. The smallest absolute Gasteiger partial charge is 0.308 e. The molecule has 1 aliphatic carbocycles. The highest BCUT2D eigenvalue weighted by Gasteiger charge is 2.35. The van der Waals surface area contributed by atoms with E-state index < -0.39 is 24.1 Å². The second kappa shape index (κ2) is 10.2. The number of aromatic hydroxyl groups is 6. The van der Waals surface area contributed by atoms with E-state index in [-0.39, 0.29) is 53.8 Å². The van der Waals surface area contributed by atoms with Crippen molar-refractivity contribution in [2.24, 2.45) is 0 Å². The molecule has 3 aromatic rings. The fourth-order valence-corrected chi connectivity index (χ4v) is 4.63. The number of aryl methyl sites for hydroxylation is 1. The second-order valence-electron chi connectivity index (χ2n) is 9.11. The lowest BCUT2D eigenvalue weighted by molar-refractivity contribution is -0.152. The average molecular weight is 497 g/mol. The Kier molecular flexibility index (Phi) is 7.12. The Morgan fingerprint density at radius 2 is 1.53 bits per heavy atom. The van der Waals surface area contributed by atoms with E-state index in [9.17, 15) is 40.5 Å². The summed E-state index contributed by atoms with van der Waals surface area (Å²) in [5.74, 6) is -2.41. The van der Waals surface area contributed by atoms with E-state index in [4.69, 9.17) is 4.74 Å². The number of hydrogen-bond donors (Lipinski definition) is 7. The highest BCUT2D eigenvalue weighted by Crippen LogP contribution is 2.41. The van der Waals surface area contributed by atoms with Crippen molar-refractivity contribution in [3.8, 4) is 34.5 Å². The molecule has 0 radical (unpaired) electrons. The number of aliphatic hydroxyl groups is 1. The number of phenols is 6. The maximum atomic E-state index is 12.7. The van der Waals surface area contributed by atoms with Crippen molar-refractivity contribution in [3.05, 3.63) is 70.8 Å². The molecule has 3 aromatic carbocycles. The Balaban J connectivity index is 1.47. The van der Waals surface area contributed by atoms with Crippen molar-refractivity contribution in [1.82, 2.24) is 0 Å². The maximum Gasteiger partial charge on any atom is 0.308 e. The molecule has 7 N–H and O–H groups in total. The predicted molar refractivity (Wildman–Crippen MR) is 128 cm³/mol. The molecule has 4 rings (SSSR count). The first-order valence-electron chi connectivity index (χ1n) is 11.5. The molecular weight excluding hydrogens is 468 g/mol. The van der Waals surface area contributed by atoms with Crippen LogP contribution in [0.2, 0.25) is 0 Å². The molecule has 0 spiro atoms. The van der Waals surface area contributed by atoms with Crippen LogP contribution in [0.1, 0.15) is 41.0 Å². The zero-order valence-electron chi connectivity index (χ0n) is 19.3. The first-order chi connectivity index (χ1) is 17.1. The molecule has 0 saturated carbocycles. The van der Waals surface area contributed by atoms with Crippen LogP contribution in [0.5, 0.6) is 34.5 Å². The number of aliphatic hydroxyl groups excluding tert-OH is 1. The third kappa shape index (κ3) is 5.58. The minimum atomic E-state index is -1.01. The molecular formula is C27H28O9. The molecule has 190 valence electrons. The summed E-state index contributed by atoms with van der Waals surface area (Å²) in [7, 11) is 0. The van der Waals surface area contributed by atoms with E-state index >= 15 is 0 Å². The SMILES string of the molecule is O=C(C[C@@H](O)CCc1ccc(O)c(O)c1)O[C@@H]1Cc2c(O)cc(O)cc2C[C@@H]1c1ccc(O)c(O)c1. The molecule has 0 fully saturated rings. The normalized spacial score (nSPS) is 17.8. The average Bonchev–Trinajstić information content (AvgIpc) is 2.81. The summed E-state index contributed by atoms with van der Waals surface area (Å²) in [5.41, 5.74) is 2.50. The summed E-state index contributed by atoms with van der Waals surface area (Å²) in [6.45, 7) is 0. The molecule has 0 amide bonds. The highest BCUT2D eigenvalue weighted by atomic mass is 16.5. The van der Waals surface area contributed by atoms with Crippen LogP contribution in [0.25, 0.3) is 0 Å². The number of hydrogen-bond acceptors (Lipinski definition) is 9. The van der Waals surface area contributed by atoms with E-state index in [0.717, 1.165) is 0 Å². The number of rotatable bonds is 7. The van der Waals surface area contributed by atoms with Crippen LogP contribution in [0, 0.1) is 0 Å². The lowest BCUT2D eigenvalue weighted by Gasteiger charge is -2.33. The molecule has 36 heavy (non-hydrogen) atoms. The quantitative estimate of drug-likeness (QED) is 0.192. The van der Waals surface area contributed by atoms with Crippen molar-refractivity contribution in [2.75, 3.05) is 0 Å². The minimum Gasteiger partial charge on any atom is -0.508 e. The van der Waals surface area contributed by atoms with Gasteiger partial charge in [0.25, 0.3) is 0 Å². The number of esters is 1. The number of phenolic OH excluding ortho intramolecular Hbond substituents is 6. The number of ether oxygens (including phenoxy) is 1. The van der Waals surface area contributed by atoms with Crippen molar-refractivity contribution in [1.29, 1.82) is 0 Å². The van der Waals surface area contributed by atoms with E-state index in [1.807, 2.05) is 0 Å². The maximum absolute atomic E-state index is 12.7. The molecule has 1 aliphatic rings. The Morgan fingerprint density at radius 3 is 2.22 bits per heavy atom. The van der Waals surface area contributed by atoms with Gasteiger partial charge in [0, 0.05) is 24.0 Å². The minimum absolute atomic E-state index is 0.0981. The van der Waals surface area contributed by atoms with Gasteiger partial charge in [-0.15, -0.1) is 0 Å². The van der Waals surface area contributed by atoms with Gasteiger partial charge in [-0.1, -0.05) is 12.1 Å². The molecule has 0 saturated heterocycles. The van der Waals surface area contributed by atoms with Gasteiger partial charge in [0.2, 0.25) is 0 Å². The zero-order chi connectivity index (χ0) is 26.0. The molecule has 9 heteroatoms. The van der Waals surface area contributed by atoms with Crippen molar-refractivity contribution in [3.63, 3.8) is 0 Å². The molecule has 0 aromatic heterocycles. The Morgan fingerprint density at radius 1 is 0.833 bits per heavy atom. The summed E-state index contributed by atoms with van der Waals surface area (Å²) < 4.78 is 5.74. The van der Waals surface area contributed by atoms with Gasteiger partial charge in [-0.3, -0.25) is 4.79 Å². The van der Waals surface area contributed by atoms with Gasteiger partial charge in [0.05, 0.1) is 12.5 Å². The van der Waals surface area contributed by atoms with Crippen LogP contribution in [-0.4, -0.2) is 53.9 Å². The summed E-state index contributed by atoms with van der Waals surface area (Å²) in [5, 5.41) is 69.3. The topological polar surface area (TPSA) is 168 Å². The third-order valence-electron chi connectivity index (χ3n) is 6.52. The van der Waals surface area contributed by atoms with Crippen LogP contribution in [0.4, 0.5) is 0 Å². The molecule has 0 aliphatic heterocycles. The lowest BCUT2D eigenvalue weighted by atomic mass is 9.77. The van der Waals surface area contributed by atoms with Crippen LogP contribution in [0.15, 0.2) is 48.5 Å². The Hall–Kier alpha value is -4.11. The summed E-state index contributed by atoms with van der Waals surface area (Å²) in [6, 6.07) is 11.4. The van der Waals surface area contributed by atoms with Crippen LogP contribution in [-0.2, 0) is 28.8 Å². The summed E-state index contributed by atoms with van der Waals surface area (Å²) >= 11 is 0. The van der Waals surface area contributed by atoms with Gasteiger partial charge in [0.1, 0.15) is 17.6 Å². The monoisotopic (exact) mass is 496 g/mol. The Labute approximate surface area is 207 Å². The van der Waals surface area contributed by atoms with Gasteiger partial charge in [0.15, 0.2) is 23.0 Å². The number of fused-ring (bicyclic) bond motifs is 1. The van der Waals surface area contributed by atoms with Gasteiger partial charge in [-0.25, -0.2) is 0 Å². The third-order valence-corrected chi connectivity index (χ3v) is 6.52. The van der Waals surface area contributed by atoms with Gasteiger partial charge in [-0.05, 0) is 66.3 Å². The van der Waals surface area contributed by atoms with Gasteiger partial charge >= 0.3 is 5.97 Å². The van der Waals surface area contributed by atoms with Crippen molar-refractivity contribution in [2.45, 2.75) is 50.2 Å². The fraction of sp³-hybridized carbons (Fsp3) is 0.296. The van der Waals surface area contributed by atoms with Crippen LogP contribution >= 0.6 is 0 Å². The molecule has 3 atom stereocenters. The lowest BCUT2D eigenvalue weighted by Crippen LogP contribution is -2.34. The van der Waals surface area contributed by atoms with E-state index in [1.54, 1.807) is 12.1 Å². The molecule has 0 heterocycles. The molecule has 0 unspecified atom stereocenters. The molecule has 9 nitrogen and oxygen atoms in total. The van der Waals surface area contributed by atoms with Gasteiger partial charge in [-0.2, -0.15) is 0 Å². The number of benzene rings is 3. The molecule has 0 bridgehead atoms. The largest absolute Gasteiger partial charge is 0.508 e. The van der Waals surface area contributed by atoms with Gasteiger partial charge < -0.3 is 40.5 Å².